The molecule has 2 N–H and O–H groups in total. The maximum atomic E-state index is 13.2. The van der Waals surface area contributed by atoms with Crippen LogP contribution in [0.5, 0.6) is 0 Å². The van der Waals surface area contributed by atoms with Crippen molar-refractivity contribution in [3.63, 3.8) is 0 Å². The zero-order valence-electron chi connectivity index (χ0n) is 43.1. The minimum absolute atomic E-state index is 0.00675. The molecule has 0 radical (unpaired) electrons. The van der Waals surface area contributed by atoms with E-state index in [1.54, 1.807) is 0 Å². The zero-order valence-corrected chi connectivity index (χ0v) is 44.0. The third-order valence-electron chi connectivity index (χ3n) is 13.0. The van der Waals surface area contributed by atoms with Gasteiger partial charge in [-0.3, -0.25) is 28.8 Å². The van der Waals surface area contributed by atoms with Crippen LogP contribution in [0.4, 0.5) is 11.4 Å². The number of carbonyl (C=O) groups excluding carboxylic acids is 2. The largest absolute Gasteiger partial charge is 0.472 e. The smallest absolute Gasteiger partial charge is 0.462 e. The molecule has 0 saturated heterocycles. The number of nitrogens with one attached hydrogen (secondary N) is 1. The van der Waals surface area contributed by atoms with Crippen molar-refractivity contribution in [2.75, 3.05) is 31.7 Å². The third kappa shape index (κ3) is 28.2. The van der Waals surface area contributed by atoms with E-state index in [-0.39, 0.29) is 61.2 Å². The second-order valence-electron chi connectivity index (χ2n) is 21.1. The molecule has 2 aromatic rings. The van der Waals surface area contributed by atoms with Crippen molar-refractivity contribution in [3.05, 3.63) is 22.2 Å². The predicted molar refractivity (Wildman–Crippen MR) is 267 cm³/mol. The van der Waals surface area contributed by atoms with Gasteiger partial charge >= 0.3 is 25.4 Å². The van der Waals surface area contributed by atoms with E-state index in [1.807, 2.05) is 13.8 Å². The number of anilines is 1. The molecule has 1 heterocycles. The van der Waals surface area contributed by atoms with Crippen molar-refractivity contribution < 1.29 is 47.1 Å². The minimum Gasteiger partial charge on any atom is -0.462 e. The van der Waals surface area contributed by atoms with Crippen molar-refractivity contribution in [2.24, 2.45) is 47.3 Å². The number of carbonyl (C=O) groups is 2. The van der Waals surface area contributed by atoms with E-state index < -0.39 is 37.4 Å². The molecule has 0 aliphatic heterocycles. The van der Waals surface area contributed by atoms with Crippen LogP contribution in [0.15, 0.2) is 16.8 Å². The monoisotopic (exact) mass is 967 g/mol. The maximum Gasteiger partial charge on any atom is 0.472 e. The van der Waals surface area contributed by atoms with Crippen LogP contribution in [-0.4, -0.2) is 64.5 Å². The van der Waals surface area contributed by atoms with Crippen LogP contribution < -0.4 is 5.32 Å². The average molecular weight is 967 g/mol. The number of hydrogen-bond donors (Lipinski definition) is 2. The van der Waals surface area contributed by atoms with Crippen molar-refractivity contribution in [1.29, 1.82) is 0 Å². The quantitative estimate of drug-likeness (QED) is 0.0210. The molecule has 16 heteroatoms. The molecule has 7 unspecified atom stereocenters. The molecule has 2 rings (SSSR count). The number of non-ortho nitro benzene ring substituents is 1. The number of rotatable bonds is 40. The number of benzene rings is 1. The molecule has 0 bridgehead atoms. The summed E-state index contributed by atoms with van der Waals surface area (Å²) in [5.74, 6) is 3.55. The number of nitro groups is 1. The fraction of sp³-hybridized carbons (Fsp3) is 0.843. The van der Waals surface area contributed by atoms with Gasteiger partial charge in [0.1, 0.15) is 6.61 Å². The predicted octanol–water partition coefficient (Wildman–Crippen LogP) is 14.1. The van der Waals surface area contributed by atoms with Crippen LogP contribution in [0.2, 0.25) is 0 Å². The lowest BCUT2D eigenvalue weighted by Crippen LogP contribution is -2.30. The first-order valence-corrected chi connectivity index (χ1v) is 27.3. The van der Waals surface area contributed by atoms with Crippen molar-refractivity contribution in [1.82, 2.24) is 10.3 Å². The fourth-order valence-corrected chi connectivity index (χ4v) is 9.41. The van der Waals surface area contributed by atoms with E-state index in [0.717, 1.165) is 62.2 Å². The summed E-state index contributed by atoms with van der Waals surface area (Å²) in [7, 11) is -4.66. The first kappa shape index (κ1) is 60.0. The molecule has 67 heavy (non-hydrogen) atoms. The molecule has 15 nitrogen and oxygen atoms in total. The van der Waals surface area contributed by atoms with E-state index in [1.165, 1.54) is 89.2 Å². The Labute approximate surface area is 403 Å². The maximum absolute atomic E-state index is 13.2. The van der Waals surface area contributed by atoms with Crippen LogP contribution in [0.3, 0.4) is 0 Å². The SMILES string of the molecule is CC(C)CCCC(C)CCCC(C)CCCC(C)CC(=O)OC[C@H](COP(=O)(O)OCCNc1ccc([N+](=O)[O-])c2nonc12)OC(=O)CC(C)CCCC(C)CCCC(C)CCCC(C)C. The summed E-state index contributed by atoms with van der Waals surface area (Å²) < 4.78 is 39.3. The summed E-state index contributed by atoms with van der Waals surface area (Å²) >= 11 is 0. The Morgan fingerprint density at radius 3 is 1.54 bits per heavy atom. The summed E-state index contributed by atoms with van der Waals surface area (Å²) in [5.41, 5.74) is 0.135. The Bertz CT molecular complexity index is 1720. The van der Waals surface area contributed by atoms with Gasteiger partial charge in [0.15, 0.2) is 11.6 Å². The zero-order chi connectivity index (χ0) is 49.8. The number of fused-ring (bicyclic) bond motifs is 1. The molecule has 1 aromatic heterocycles. The standard InChI is InChI=1S/C51H91N4O11P/c1-37(2)17-11-19-39(5)21-13-23-41(7)25-15-27-43(9)33-48(56)62-35-45(65-49(57)34-44(10)28-16-26-42(8)24-14-22-40(6)20-12-18-38(3)4)36-64-67(60,61)63-32-31-52-46-29-30-47(55(58)59)51-50(46)53-66-54-51/h29-30,37-45,52H,11-28,31-36H2,1-10H3,(H,60,61)/t39?,40?,41?,42?,43?,44?,45-/m1/s1. The van der Waals surface area contributed by atoms with Crippen LogP contribution in [0.1, 0.15) is 198 Å². The number of ether oxygens (including phenoxy) is 2. The van der Waals surface area contributed by atoms with Crippen LogP contribution >= 0.6 is 7.82 Å². The Morgan fingerprint density at radius 1 is 0.642 bits per heavy atom. The topological polar surface area (TPSA) is 202 Å². The van der Waals surface area contributed by atoms with Crippen LogP contribution in [0.25, 0.3) is 11.0 Å². The lowest BCUT2D eigenvalue weighted by molar-refractivity contribution is -0.383. The van der Waals surface area contributed by atoms with Gasteiger partial charge < -0.3 is 19.7 Å². The van der Waals surface area contributed by atoms with E-state index in [2.05, 4.69) is 75.6 Å². The van der Waals surface area contributed by atoms with Gasteiger partial charge in [0.2, 0.25) is 5.52 Å². The Hall–Kier alpha value is -3.13. The number of aromatic nitrogens is 2. The highest BCUT2D eigenvalue weighted by Gasteiger charge is 2.27. The molecule has 1 aromatic carbocycles. The first-order valence-electron chi connectivity index (χ1n) is 25.8. The molecule has 0 saturated carbocycles. The molecule has 386 valence electrons. The normalized spacial score (nSPS) is 16.0. The number of esters is 2. The van der Waals surface area contributed by atoms with Gasteiger partial charge in [-0.15, -0.1) is 0 Å². The molecular weight excluding hydrogens is 876 g/mol. The van der Waals surface area contributed by atoms with Gasteiger partial charge in [0, 0.05) is 25.5 Å². The molecule has 0 aliphatic carbocycles. The van der Waals surface area contributed by atoms with Crippen molar-refractivity contribution in [2.45, 2.75) is 204 Å². The number of phosphoric ester groups is 1. The van der Waals surface area contributed by atoms with Crippen molar-refractivity contribution >= 4 is 42.2 Å². The van der Waals surface area contributed by atoms with Gasteiger partial charge in [-0.2, -0.15) is 0 Å². The lowest BCUT2D eigenvalue weighted by atomic mass is 9.91. The molecule has 0 aliphatic rings. The summed E-state index contributed by atoms with van der Waals surface area (Å²) in [5, 5.41) is 21.5. The van der Waals surface area contributed by atoms with Gasteiger partial charge in [-0.1, -0.05) is 185 Å². The Kier molecular flexibility index (Phi) is 29.9. The average Bonchev–Trinajstić information content (AvgIpc) is 3.73. The molecular formula is C51H91N4O11P. The van der Waals surface area contributed by atoms with Crippen LogP contribution in [-0.2, 0) is 32.7 Å². The second-order valence-corrected chi connectivity index (χ2v) is 22.5. The first-order chi connectivity index (χ1) is 31.7. The molecule has 0 amide bonds. The van der Waals surface area contributed by atoms with Gasteiger partial charge in [0.05, 0.1) is 23.8 Å². The minimum atomic E-state index is -4.66. The van der Waals surface area contributed by atoms with Crippen LogP contribution in [0, 0.1) is 57.5 Å². The lowest BCUT2D eigenvalue weighted by Gasteiger charge is -2.21. The van der Waals surface area contributed by atoms with Gasteiger partial charge in [-0.05, 0) is 63.7 Å². The van der Waals surface area contributed by atoms with E-state index in [9.17, 15) is 29.2 Å². The fourth-order valence-electron chi connectivity index (χ4n) is 8.66. The van der Waals surface area contributed by atoms with Crippen molar-refractivity contribution in [3.8, 4) is 0 Å². The molecule has 8 atom stereocenters. The number of hydrogen-bond acceptors (Lipinski definition) is 13. The third-order valence-corrected chi connectivity index (χ3v) is 14.0. The van der Waals surface area contributed by atoms with E-state index in [0.29, 0.717) is 17.5 Å². The number of nitro benzene ring substituents is 1. The summed E-state index contributed by atoms with van der Waals surface area (Å²) in [6, 6.07) is 2.66. The van der Waals surface area contributed by atoms with Gasteiger partial charge in [-0.25, -0.2) is 9.19 Å². The van der Waals surface area contributed by atoms with E-state index >= 15 is 0 Å². The Morgan fingerprint density at radius 2 is 1.07 bits per heavy atom. The number of nitrogens with zero attached hydrogens (tertiary/aromatic N) is 3. The molecule has 0 fully saturated rings. The highest BCUT2D eigenvalue weighted by molar-refractivity contribution is 7.47. The second kappa shape index (κ2) is 33.4. The number of phosphoric acid groups is 1. The summed E-state index contributed by atoms with van der Waals surface area (Å²) in [6.45, 7) is 21.4. The summed E-state index contributed by atoms with van der Waals surface area (Å²) in [6.07, 6.45) is 20.5. The van der Waals surface area contributed by atoms with Gasteiger partial charge in [0.25, 0.3) is 0 Å². The highest BCUT2D eigenvalue weighted by Crippen LogP contribution is 2.43. The highest BCUT2D eigenvalue weighted by atomic mass is 31.2. The molecule has 0 spiro atoms. The Balaban J connectivity index is 1.85. The van der Waals surface area contributed by atoms with E-state index in [4.69, 9.17) is 18.5 Å². The summed E-state index contributed by atoms with van der Waals surface area (Å²) in [4.78, 5) is 47.4.